The molecule has 0 heterocycles. The maximum atomic E-state index is 13.1. The van der Waals surface area contributed by atoms with Gasteiger partial charge in [-0.1, -0.05) is 30.3 Å². The van der Waals surface area contributed by atoms with Gasteiger partial charge in [0.15, 0.2) is 5.75 Å². The van der Waals surface area contributed by atoms with Crippen LogP contribution in [-0.2, 0) is 16.6 Å². The number of ether oxygens (including phenoxy) is 1. The molecule has 0 saturated carbocycles. The SMILES string of the molecule is O=S(=O)(Nc1cccc(CO)c1)c1ccc(-c2ccc(F)cc2)cc1OC(F)(F)F. The molecule has 158 valence electrons. The molecule has 0 atom stereocenters. The highest BCUT2D eigenvalue weighted by Gasteiger charge is 2.34. The van der Waals surface area contributed by atoms with E-state index in [9.17, 15) is 26.0 Å². The highest BCUT2D eigenvalue weighted by atomic mass is 32.2. The summed E-state index contributed by atoms with van der Waals surface area (Å²) in [5.41, 5.74) is 1.04. The van der Waals surface area contributed by atoms with Gasteiger partial charge in [0.25, 0.3) is 10.0 Å². The Labute approximate surface area is 169 Å². The van der Waals surface area contributed by atoms with E-state index in [1.54, 1.807) is 6.07 Å². The minimum absolute atomic E-state index is 0.0575. The van der Waals surface area contributed by atoms with Crippen LogP contribution in [0.5, 0.6) is 5.75 Å². The van der Waals surface area contributed by atoms with E-state index in [1.807, 2.05) is 0 Å². The van der Waals surface area contributed by atoms with Crippen molar-refractivity contribution in [1.29, 1.82) is 0 Å². The Bertz CT molecular complexity index is 1150. The summed E-state index contributed by atoms with van der Waals surface area (Å²) in [5.74, 6) is -1.46. The Balaban J connectivity index is 2.04. The van der Waals surface area contributed by atoms with Crippen molar-refractivity contribution in [3.63, 3.8) is 0 Å². The summed E-state index contributed by atoms with van der Waals surface area (Å²) in [6, 6.07) is 13.9. The Morgan fingerprint density at radius 1 is 0.933 bits per heavy atom. The third kappa shape index (κ3) is 5.28. The number of sulfonamides is 1. The van der Waals surface area contributed by atoms with Crippen LogP contribution in [0.3, 0.4) is 0 Å². The normalized spacial score (nSPS) is 11.9. The van der Waals surface area contributed by atoms with Gasteiger partial charge in [-0.05, 0) is 53.1 Å². The maximum Gasteiger partial charge on any atom is 0.573 e. The van der Waals surface area contributed by atoms with Gasteiger partial charge in [0, 0.05) is 5.69 Å². The number of halogens is 4. The van der Waals surface area contributed by atoms with Crippen molar-refractivity contribution in [2.24, 2.45) is 0 Å². The molecule has 3 rings (SSSR count). The smallest absolute Gasteiger partial charge is 0.404 e. The first-order valence-corrected chi connectivity index (χ1v) is 9.94. The lowest BCUT2D eigenvalue weighted by Gasteiger charge is -2.16. The largest absolute Gasteiger partial charge is 0.573 e. The van der Waals surface area contributed by atoms with Crippen LogP contribution in [0.25, 0.3) is 11.1 Å². The summed E-state index contributed by atoms with van der Waals surface area (Å²) in [6.45, 7) is -0.343. The van der Waals surface area contributed by atoms with E-state index in [0.717, 1.165) is 24.3 Å². The third-order valence-corrected chi connectivity index (χ3v) is 5.42. The van der Waals surface area contributed by atoms with Crippen LogP contribution in [0, 0.1) is 5.82 Å². The monoisotopic (exact) mass is 441 g/mol. The van der Waals surface area contributed by atoms with Crippen molar-refractivity contribution in [2.45, 2.75) is 17.9 Å². The summed E-state index contributed by atoms with van der Waals surface area (Å²) in [5, 5.41) is 9.16. The lowest BCUT2D eigenvalue weighted by molar-refractivity contribution is -0.275. The lowest BCUT2D eigenvalue weighted by atomic mass is 10.1. The van der Waals surface area contributed by atoms with Crippen molar-refractivity contribution in [1.82, 2.24) is 0 Å². The van der Waals surface area contributed by atoms with Gasteiger partial charge in [0.1, 0.15) is 10.7 Å². The van der Waals surface area contributed by atoms with Crippen LogP contribution in [0.2, 0.25) is 0 Å². The second kappa shape index (κ2) is 8.33. The molecule has 0 aliphatic heterocycles. The maximum absolute atomic E-state index is 13.1. The Morgan fingerprint density at radius 3 is 2.23 bits per heavy atom. The van der Waals surface area contributed by atoms with Crippen LogP contribution in [0.1, 0.15) is 5.56 Å². The second-order valence-electron chi connectivity index (χ2n) is 6.18. The molecule has 0 aliphatic rings. The molecule has 0 bridgehead atoms. The number of rotatable bonds is 6. The zero-order valence-electron chi connectivity index (χ0n) is 15.2. The van der Waals surface area contributed by atoms with Gasteiger partial charge in [0.05, 0.1) is 6.61 Å². The van der Waals surface area contributed by atoms with Gasteiger partial charge in [0.2, 0.25) is 0 Å². The summed E-state index contributed by atoms with van der Waals surface area (Å²) < 4.78 is 83.4. The number of anilines is 1. The predicted molar refractivity (Wildman–Crippen MR) is 102 cm³/mol. The van der Waals surface area contributed by atoms with E-state index in [4.69, 9.17) is 5.11 Å². The lowest BCUT2D eigenvalue weighted by Crippen LogP contribution is -2.21. The zero-order valence-corrected chi connectivity index (χ0v) is 16.0. The van der Waals surface area contributed by atoms with E-state index in [1.165, 1.54) is 36.4 Å². The van der Waals surface area contributed by atoms with E-state index in [2.05, 4.69) is 9.46 Å². The van der Waals surface area contributed by atoms with Gasteiger partial charge in [-0.25, -0.2) is 12.8 Å². The molecule has 0 aliphatic carbocycles. The quantitative estimate of drug-likeness (QED) is 0.545. The molecular weight excluding hydrogens is 426 g/mol. The molecule has 2 N–H and O–H groups in total. The van der Waals surface area contributed by atoms with E-state index in [0.29, 0.717) is 11.1 Å². The fourth-order valence-corrected chi connectivity index (χ4v) is 3.86. The van der Waals surface area contributed by atoms with Gasteiger partial charge in [-0.2, -0.15) is 0 Å². The summed E-state index contributed by atoms with van der Waals surface area (Å²) in [7, 11) is -4.46. The molecule has 5 nitrogen and oxygen atoms in total. The fraction of sp³-hybridized carbons (Fsp3) is 0.100. The molecule has 0 fully saturated rings. The predicted octanol–water partition coefficient (Wildman–Crippen LogP) is 4.68. The first-order chi connectivity index (χ1) is 14.1. The Morgan fingerprint density at radius 2 is 1.60 bits per heavy atom. The summed E-state index contributed by atoms with van der Waals surface area (Å²) in [6.07, 6.45) is -5.14. The number of aliphatic hydroxyl groups is 1. The molecule has 10 heteroatoms. The number of alkyl halides is 3. The third-order valence-electron chi connectivity index (χ3n) is 4.00. The standard InChI is InChI=1S/C20H15F4NO4S/c21-16-7-4-14(5-8-16)15-6-9-19(18(11-15)29-20(22,23)24)30(27,28)25-17-3-1-2-13(10-17)12-26/h1-11,25-26H,12H2. The Kier molecular flexibility index (Phi) is 5.99. The van der Waals surface area contributed by atoms with Gasteiger partial charge in [-0.15, -0.1) is 13.2 Å². The van der Waals surface area contributed by atoms with Gasteiger partial charge >= 0.3 is 6.36 Å². The summed E-state index contributed by atoms with van der Waals surface area (Å²) in [4.78, 5) is -0.736. The highest BCUT2D eigenvalue weighted by Crippen LogP contribution is 2.35. The molecule has 30 heavy (non-hydrogen) atoms. The van der Waals surface area contributed by atoms with Crippen molar-refractivity contribution in [3.8, 4) is 16.9 Å². The molecule has 0 saturated heterocycles. The van der Waals surface area contributed by atoms with Gasteiger partial charge in [-0.3, -0.25) is 4.72 Å². The molecule has 0 spiro atoms. The molecule has 0 aromatic heterocycles. The number of benzene rings is 3. The molecule has 0 amide bonds. The van der Waals surface area contributed by atoms with Crippen molar-refractivity contribution in [2.75, 3.05) is 4.72 Å². The van der Waals surface area contributed by atoms with Gasteiger partial charge < -0.3 is 9.84 Å². The zero-order chi connectivity index (χ0) is 21.9. The van der Waals surface area contributed by atoms with E-state index in [-0.39, 0.29) is 17.9 Å². The van der Waals surface area contributed by atoms with E-state index < -0.39 is 32.8 Å². The van der Waals surface area contributed by atoms with Crippen molar-refractivity contribution in [3.05, 3.63) is 78.1 Å². The average Bonchev–Trinajstić information content (AvgIpc) is 2.67. The first-order valence-electron chi connectivity index (χ1n) is 8.46. The molecule has 0 radical (unpaired) electrons. The van der Waals surface area contributed by atoms with E-state index >= 15 is 0 Å². The second-order valence-corrected chi connectivity index (χ2v) is 7.83. The van der Waals surface area contributed by atoms with Crippen LogP contribution in [0.4, 0.5) is 23.2 Å². The number of hydrogen-bond donors (Lipinski definition) is 2. The minimum atomic E-state index is -5.14. The molecule has 3 aromatic rings. The van der Waals surface area contributed by atoms with Crippen LogP contribution in [0.15, 0.2) is 71.6 Å². The molecular formula is C20H15F4NO4S. The van der Waals surface area contributed by atoms with Crippen LogP contribution < -0.4 is 9.46 Å². The molecule has 0 unspecified atom stereocenters. The number of aliphatic hydroxyl groups excluding tert-OH is 1. The highest BCUT2D eigenvalue weighted by molar-refractivity contribution is 7.92. The number of hydrogen-bond acceptors (Lipinski definition) is 4. The van der Waals surface area contributed by atoms with Crippen LogP contribution >= 0.6 is 0 Å². The van der Waals surface area contributed by atoms with Crippen molar-refractivity contribution >= 4 is 15.7 Å². The van der Waals surface area contributed by atoms with Crippen LogP contribution in [-0.4, -0.2) is 19.9 Å². The topological polar surface area (TPSA) is 75.6 Å². The van der Waals surface area contributed by atoms with Crippen molar-refractivity contribution < 1.29 is 35.8 Å². The molecule has 3 aromatic carbocycles. The summed E-state index contributed by atoms with van der Waals surface area (Å²) >= 11 is 0. The Hall–Kier alpha value is -3.11. The average molecular weight is 441 g/mol. The fourth-order valence-electron chi connectivity index (χ4n) is 2.70. The minimum Gasteiger partial charge on any atom is -0.404 e. The first kappa shape index (κ1) is 21.6. The number of nitrogens with one attached hydrogen (secondary N) is 1.